The minimum absolute atomic E-state index is 0.105. The Morgan fingerprint density at radius 1 is 0.309 bits per heavy atom. The minimum Gasteiger partial charge on any atom is -0.462 e. The van der Waals surface area contributed by atoms with Gasteiger partial charge < -0.3 is 33.8 Å². The third-order valence-electron chi connectivity index (χ3n) is 17.7. The Labute approximate surface area is 575 Å². The van der Waals surface area contributed by atoms with Crippen molar-refractivity contribution in [3.63, 3.8) is 0 Å². The number of aliphatic hydroxyl groups excluding tert-OH is 1. The fraction of sp³-hybridized carbons (Fsp3) is 0.947. The molecule has 0 aromatic heterocycles. The molecule has 0 aromatic carbocycles. The van der Waals surface area contributed by atoms with Gasteiger partial charge in [0, 0.05) is 25.7 Å². The number of hydrogen-bond acceptors (Lipinski definition) is 15. The standard InChI is InChI=1S/C75H146O17P2/c1-8-10-11-12-13-25-35-42-49-56-72(77)85-62-70(92-75(80)59-52-45-38-31-24-27-33-40-47-54-67(5)6)64-89-93(81,82)87-60-69(76)61-88-94(83,84)90-65-71(63-86-73(78)57-50-43-36-29-23-22-28-34-41-48-55-68(7)9-2)91-74(79)58-51-44-37-30-21-19-17-15-14-16-18-20-26-32-39-46-53-66(3)4/h66-71,76H,8-65H2,1-7H3,(H,81,82)(H,83,84)/t68?,69-,70+,71+/m0/s1. The maximum absolute atomic E-state index is 13.1. The third kappa shape index (κ3) is 67.3. The average molecular weight is 1380 g/mol. The largest absolute Gasteiger partial charge is 0.472 e. The van der Waals surface area contributed by atoms with Gasteiger partial charge in [0.05, 0.1) is 26.4 Å². The summed E-state index contributed by atoms with van der Waals surface area (Å²) in [5.41, 5.74) is 0. The molecule has 0 aliphatic rings. The minimum atomic E-state index is -4.96. The summed E-state index contributed by atoms with van der Waals surface area (Å²) in [7, 11) is -9.91. The van der Waals surface area contributed by atoms with E-state index >= 15 is 0 Å². The molecule has 0 saturated carbocycles. The van der Waals surface area contributed by atoms with Gasteiger partial charge in [-0.3, -0.25) is 37.3 Å². The van der Waals surface area contributed by atoms with Crippen molar-refractivity contribution >= 4 is 39.5 Å². The molecule has 0 aromatic rings. The fourth-order valence-electron chi connectivity index (χ4n) is 11.4. The van der Waals surface area contributed by atoms with Crippen LogP contribution in [0.5, 0.6) is 0 Å². The molecule has 0 aliphatic carbocycles. The van der Waals surface area contributed by atoms with E-state index in [1.807, 2.05) is 0 Å². The zero-order valence-corrected chi connectivity index (χ0v) is 63.2. The second-order valence-corrected chi connectivity index (χ2v) is 31.1. The van der Waals surface area contributed by atoms with E-state index in [-0.39, 0.29) is 25.7 Å². The monoisotopic (exact) mass is 1380 g/mol. The summed E-state index contributed by atoms with van der Waals surface area (Å²) >= 11 is 0. The second-order valence-electron chi connectivity index (χ2n) is 28.2. The van der Waals surface area contributed by atoms with Crippen molar-refractivity contribution in [3.05, 3.63) is 0 Å². The van der Waals surface area contributed by atoms with Crippen LogP contribution >= 0.6 is 15.6 Å². The molecule has 0 fully saturated rings. The van der Waals surface area contributed by atoms with E-state index in [2.05, 4.69) is 48.5 Å². The summed E-state index contributed by atoms with van der Waals surface area (Å²) in [4.78, 5) is 72.7. The molecular formula is C75H146O17P2. The number of phosphoric ester groups is 2. The molecule has 17 nitrogen and oxygen atoms in total. The third-order valence-corrected chi connectivity index (χ3v) is 19.6. The lowest BCUT2D eigenvalue weighted by Gasteiger charge is -2.21. The lowest BCUT2D eigenvalue weighted by Crippen LogP contribution is -2.30. The SMILES string of the molecule is CCCCCCCCCCCC(=O)OC[C@H](COP(=O)(O)OC[C@H](O)COP(=O)(O)OC[C@@H](COC(=O)CCCCCCCCCCCCC(C)CC)OC(=O)CCCCCCCCCCCCCCCCCCC(C)C)OC(=O)CCCCCCCCCCCC(C)C. The first-order chi connectivity index (χ1) is 45.3. The number of unbranched alkanes of at least 4 members (excludes halogenated alkanes) is 40. The van der Waals surface area contributed by atoms with Crippen LogP contribution in [0.25, 0.3) is 0 Å². The van der Waals surface area contributed by atoms with E-state index in [9.17, 15) is 43.2 Å². The number of phosphoric acid groups is 2. The normalized spacial score (nSPS) is 14.4. The van der Waals surface area contributed by atoms with Gasteiger partial charge in [0.15, 0.2) is 12.2 Å². The first-order valence-electron chi connectivity index (χ1n) is 38.9. The van der Waals surface area contributed by atoms with Gasteiger partial charge in [0.25, 0.3) is 0 Å². The number of hydrogen-bond donors (Lipinski definition) is 3. The highest BCUT2D eigenvalue weighted by molar-refractivity contribution is 7.47. The highest BCUT2D eigenvalue weighted by Crippen LogP contribution is 2.45. The van der Waals surface area contributed by atoms with Crippen LogP contribution in [0.2, 0.25) is 0 Å². The summed E-state index contributed by atoms with van der Waals surface area (Å²) in [6, 6.07) is 0. The van der Waals surface area contributed by atoms with E-state index in [4.69, 9.17) is 37.0 Å². The molecule has 0 spiro atoms. The Balaban J connectivity index is 5.23. The maximum atomic E-state index is 13.1. The smallest absolute Gasteiger partial charge is 0.462 e. The second kappa shape index (κ2) is 65.7. The number of aliphatic hydroxyl groups is 1. The molecule has 0 aliphatic heterocycles. The van der Waals surface area contributed by atoms with E-state index in [1.54, 1.807) is 0 Å². The molecule has 558 valence electrons. The van der Waals surface area contributed by atoms with E-state index in [0.29, 0.717) is 25.7 Å². The molecule has 0 rings (SSSR count). The van der Waals surface area contributed by atoms with Crippen LogP contribution in [0.4, 0.5) is 0 Å². The summed E-state index contributed by atoms with van der Waals surface area (Å²) in [5, 5.41) is 10.6. The van der Waals surface area contributed by atoms with E-state index < -0.39 is 97.5 Å². The van der Waals surface area contributed by atoms with Crippen LogP contribution in [-0.2, 0) is 65.4 Å². The number of rotatable bonds is 73. The number of carbonyl (C=O) groups excluding carboxylic acids is 4. The van der Waals surface area contributed by atoms with Gasteiger partial charge >= 0.3 is 39.5 Å². The van der Waals surface area contributed by atoms with Crippen molar-refractivity contribution in [1.29, 1.82) is 0 Å². The first kappa shape index (κ1) is 92.1. The quantitative estimate of drug-likeness (QED) is 0.0222. The van der Waals surface area contributed by atoms with Crippen LogP contribution in [0, 0.1) is 17.8 Å². The Morgan fingerprint density at radius 3 is 0.809 bits per heavy atom. The summed E-state index contributed by atoms with van der Waals surface area (Å²) in [6.07, 6.45) is 51.3. The van der Waals surface area contributed by atoms with Crippen LogP contribution in [0.3, 0.4) is 0 Å². The summed E-state index contributed by atoms with van der Waals surface area (Å²) < 4.78 is 68.4. The van der Waals surface area contributed by atoms with Gasteiger partial charge in [-0.2, -0.15) is 0 Å². The first-order valence-corrected chi connectivity index (χ1v) is 41.9. The molecule has 0 radical (unpaired) electrons. The Kier molecular flexibility index (Phi) is 64.3. The molecule has 0 saturated heterocycles. The molecule has 94 heavy (non-hydrogen) atoms. The zero-order chi connectivity index (χ0) is 69.4. The lowest BCUT2D eigenvalue weighted by atomic mass is 9.99. The fourth-order valence-corrected chi connectivity index (χ4v) is 13.0. The van der Waals surface area contributed by atoms with Crippen molar-refractivity contribution in [1.82, 2.24) is 0 Å². The number of ether oxygens (including phenoxy) is 4. The molecule has 0 heterocycles. The van der Waals surface area contributed by atoms with Crippen molar-refractivity contribution < 1.29 is 80.2 Å². The van der Waals surface area contributed by atoms with Gasteiger partial charge in [-0.1, -0.05) is 331 Å². The Bertz CT molecular complexity index is 1840. The zero-order valence-electron chi connectivity index (χ0n) is 61.4. The predicted octanol–water partition coefficient (Wildman–Crippen LogP) is 21.8. The van der Waals surface area contributed by atoms with Crippen LogP contribution in [-0.4, -0.2) is 96.7 Å². The van der Waals surface area contributed by atoms with Crippen LogP contribution in [0.15, 0.2) is 0 Å². The van der Waals surface area contributed by atoms with Crippen molar-refractivity contribution in [2.45, 2.75) is 401 Å². The van der Waals surface area contributed by atoms with Gasteiger partial charge in [-0.25, -0.2) is 9.13 Å². The van der Waals surface area contributed by atoms with E-state index in [1.165, 1.54) is 193 Å². The van der Waals surface area contributed by atoms with Gasteiger partial charge in [0.2, 0.25) is 0 Å². The van der Waals surface area contributed by atoms with Gasteiger partial charge in [-0.15, -0.1) is 0 Å². The molecule has 19 heteroatoms. The molecule has 3 unspecified atom stereocenters. The highest BCUT2D eigenvalue weighted by Gasteiger charge is 2.30. The molecule has 6 atom stereocenters. The summed E-state index contributed by atoms with van der Waals surface area (Å²) in [6.45, 7) is 11.9. The molecular weight excluding hydrogens is 1230 g/mol. The Morgan fingerprint density at radius 2 is 0.543 bits per heavy atom. The topological polar surface area (TPSA) is 237 Å². The highest BCUT2D eigenvalue weighted by atomic mass is 31.2. The van der Waals surface area contributed by atoms with E-state index in [0.717, 1.165) is 108 Å². The van der Waals surface area contributed by atoms with Crippen LogP contribution in [0.1, 0.15) is 382 Å². The molecule has 0 amide bonds. The number of esters is 4. The molecule has 3 N–H and O–H groups in total. The molecule has 0 bridgehead atoms. The lowest BCUT2D eigenvalue weighted by molar-refractivity contribution is -0.161. The maximum Gasteiger partial charge on any atom is 0.472 e. The van der Waals surface area contributed by atoms with Crippen molar-refractivity contribution in [2.24, 2.45) is 17.8 Å². The van der Waals surface area contributed by atoms with Crippen molar-refractivity contribution in [3.8, 4) is 0 Å². The summed E-state index contributed by atoms with van der Waals surface area (Å²) in [5.74, 6) is 0.235. The Hall–Kier alpha value is -1.94. The van der Waals surface area contributed by atoms with Crippen molar-refractivity contribution in [2.75, 3.05) is 39.6 Å². The predicted molar refractivity (Wildman–Crippen MR) is 381 cm³/mol. The van der Waals surface area contributed by atoms with Gasteiger partial charge in [0.1, 0.15) is 19.3 Å². The number of carbonyl (C=O) groups is 4. The van der Waals surface area contributed by atoms with Gasteiger partial charge in [-0.05, 0) is 43.4 Å². The van der Waals surface area contributed by atoms with Crippen LogP contribution < -0.4 is 0 Å². The average Bonchev–Trinajstić information content (AvgIpc) is 1.33.